The van der Waals surface area contributed by atoms with Crippen molar-refractivity contribution in [3.8, 4) is 0 Å². The molecular formula is C19H25N3O3. The van der Waals surface area contributed by atoms with E-state index in [1.54, 1.807) is 4.90 Å². The number of amides is 3. The van der Waals surface area contributed by atoms with Crippen molar-refractivity contribution in [2.45, 2.75) is 51.6 Å². The van der Waals surface area contributed by atoms with Crippen LogP contribution in [0.3, 0.4) is 0 Å². The van der Waals surface area contributed by atoms with Crippen molar-refractivity contribution < 1.29 is 14.4 Å². The van der Waals surface area contributed by atoms with Crippen LogP contribution in [0.1, 0.15) is 44.6 Å². The van der Waals surface area contributed by atoms with Crippen LogP contribution >= 0.6 is 0 Å². The molecule has 0 aromatic heterocycles. The monoisotopic (exact) mass is 343 g/mol. The summed E-state index contributed by atoms with van der Waals surface area (Å²) < 4.78 is 0. The van der Waals surface area contributed by atoms with E-state index in [1.165, 1.54) is 6.92 Å². The maximum absolute atomic E-state index is 12.4. The van der Waals surface area contributed by atoms with Crippen LogP contribution in [0.4, 0.5) is 5.69 Å². The number of carbonyl (C=O) groups is 3. The molecule has 134 valence electrons. The third kappa shape index (κ3) is 4.18. The fourth-order valence-electron chi connectivity index (χ4n) is 3.40. The molecule has 1 aliphatic heterocycles. The number of hydrogen-bond donors (Lipinski definition) is 2. The summed E-state index contributed by atoms with van der Waals surface area (Å²) in [5.74, 6) is 0.0498. The SMILES string of the molecule is CC(=O)N1CCCC1C(=O)NCc1cccc(NC(=O)C2CCC2)c1. The second-order valence-electron chi connectivity index (χ2n) is 6.91. The molecule has 1 aromatic rings. The van der Waals surface area contributed by atoms with Gasteiger partial charge in [-0.2, -0.15) is 0 Å². The molecule has 0 radical (unpaired) electrons. The first-order valence-electron chi connectivity index (χ1n) is 8.99. The normalized spacial score (nSPS) is 20.0. The van der Waals surface area contributed by atoms with Crippen LogP contribution in [0.5, 0.6) is 0 Å². The van der Waals surface area contributed by atoms with Crippen molar-refractivity contribution in [1.82, 2.24) is 10.2 Å². The molecule has 3 amide bonds. The second kappa shape index (κ2) is 7.68. The summed E-state index contributed by atoms with van der Waals surface area (Å²) in [4.78, 5) is 37.6. The standard InChI is InChI=1S/C19H25N3O3/c1-13(23)22-10-4-9-17(22)19(25)20-12-14-5-2-8-16(11-14)21-18(24)15-6-3-7-15/h2,5,8,11,15,17H,3-4,6-7,9-10,12H2,1H3,(H,20,25)(H,21,24). The highest BCUT2D eigenvalue weighted by atomic mass is 16.2. The summed E-state index contributed by atoms with van der Waals surface area (Å²) in [6, 6.07) is 7.16. The van der Waals surface area contributed by atoms with Gasteiger partial charge in [0.25, 0.3) is 0 Å². The second-order valence-corrected chi connectivity index (χ2v) is 6.91. The molecule has 25 heavy (non-hydrogen) atoms. The predicted octanol–water partition coefficient (Wildman–Crippen LogP) is 2.05. The van der Waals surface area contributed by atoms with Crippen molar-refractivity contribution in [2.24, 2.45) is 5.92 Å². The van der Waals surface area contributed by atoms with Crippen LogP contribution in [0.15, 0.2) is 24.3 Å². The van der Waals surface area contributed by atoms with E-state index in [-0.39, 0.29) is 29.7 Å². The Morgan fingerprint density at radius 2 is 1.92 bits per heavy atom. The number of benzene rings is 1. The zero-order valence-electron chi connectivity index (χ0n) is 14.6. The summed E-state index contributed by atoms with van der Waals surface area (Å²) in [5.41, 5.74) is 1.68. The van der Waals surface area contributed by atoms with E-state index in [0.29, 0.717) is 19.5 Å². The zero-order valence-corrected chi connectivity index (χ0v) is 14.6. The number of nitrogens with zero attached hydrogens (tertiary/aromatic N) is 1. The molecule has 1 aromatic carbocycles. The van der Waals surface area contributed by atoms with Crippen molar-refractivity contribution in [1.29, 1.82) is 0 Å². The van der Waals surface area contributed by atoms with Crippen LogP contribution in [-0.2, 0) is 20.9 Å². The molecule has 1 heterocycles. The molecule has 2 aliphatic rings. The fraction of sp³-hybridized carbons (Fsp3) is 0.526. The Bertz CT molecular complexity index is 670. The lowest BCUT2D eigenvalue weighted by Crippen LogP contribution is -2.44. The first kappa shape index (κ1) is 17.5. The van der Waals surface area contributed by atoms with Crippen LogP contribution in [-0.4, -0.2) is 35.2 Å². The number of hydrogen-bond acceptors (Lipinski definition) is 3. The van der Waals surface area contributed by atoms with Crippen LogP contribution in [0.2, 0.25) is 0 Å². The Labute approximate surface area is 148 Å². The van der Waals surface area contributed by atoms with Gasteiger partial charge in [-0.15, -0.1) is 0 Å². The van der Waals surface area contributed by atoms with Gasteiger partial charge in [-0.1, -0.05) is 18.6 Å². The molecule has 0 bridgehead atoms. The first-order chi connectivity index (χ1) is 12.0. The Balaban J connectivity index is 1.54. The average molecular weight is 343 g/mol. The highest BCUT2D eigenvalue weighted by Crippen LogP contribution is 2.27. The average Bonchev–Trinajstić information content (AvgIpc) is 3.01. The largest absolute Gasteiger partial charge is 0.350 e. The van der Waals surface area contributed by atoms with Gasteiger partial charge >= 0.3 is 0 Å². The Morgan fingerprint density at radius 1 is 1.12 bits per heavy atom. The quantitative estimate of drug-likeness (QED) is 0.859. The van der Waals surface area contributed by atoms with Gasteiger partial charge in [-0.25, -0.2) is 0 Å². The fourth-order valence-corrected chi connectivity index (χ4v) is 3.40. The number of rotatable bonds is 5. The molecule has 2 fully saturated rings. The van der Waals surface area contributed by atoms with Crippen molar-refractivity contribution in [3.05, 3.63) is 29.8 Å². The molecule has 1 saturated heterocycles. The summed E-state index contributed by atoms with van der Waals surface area (Å²) in [5, 5.41) is 5.85. The minimum absolute atomic E-state index is 0.0571. The lowest BCUT2D eigenvalue weighted by atomic mass is 9.85. The smallest absolute Gasteiger partial charge is 0.243 e. The number of anilines is 1. The summed E-state index contributed by atoms with van der Waals surface area (Å²) in [6.07, 6.45) is 4.64. The topological polar surface area (TPSA) is 78.5 Å². The van der Waals surface area contributed by atoms with E-state index >= 15 is 0 Å². The van der Waals surface area contributed by atoms with Gasteiger partial charge in [0.05, 0.1) is 0 Å². The number of likely N-dealkylation sites (tertiary alicyclic amines) is 1. The minimum Gasteiger partial charge on any atom is -0.350 e. The maximum Gasteiger partial charge on any atom is 0.243 e. The van der Waals surface area contributed by atoms with Crippen LogP contribution in [0.25, 0.3) is 0 Å². The Hall–Kier alpha value is -2.37. The minimum atomic E-state index is -0.362. The predicted molar refractivity (Wildman–Crippen MR) is 94.7 cm³/mol. The van der Waals surface area contributed by atoms with E-state index in [9.17, 15) is 14.4 Å². The van der Waals surface area contributed by atoms with Crippen LogP contribution in [0, 0.1) is 5.92 Å². The van der Waals surface area contributed by atoms with E-state index in [2.05, 4.69) is 10.6 Å². The van der Waals surface area contributed by atoms with Crippen molar-refractivity contribution >= 4 is 23.4 Å². The third-order valence-corrected chi connectivity index (χ3v) is 5.10. The Kier molecular flexibility index (Phi) is 5.36. The molecule has 1 atom stereocenters. The van der Waals surface area contributed by atoms with E-state index in [4.69, 9.17) is 0 Å². The summed E-state index contributed by atoms with van der Waals surface area (Å²) in [7, 11) is 0. The highest BCUT2D eigenvalue weighted by molar-refractivity contribution is 5.93. The number of carbonyl (C=O) groups excluding carboxylic acids is 3. The zero-order chi connectivity index (χ0) is 17.8. The molecule has 1 saturated carbocycles. The molecule has 2 N–H and O–H groups in total. The van der Waals surface area contributed by atoms with Gasteiger partial charge in [0.2, 0.25) is 17.7 Å². The van der Waals surface area contributed by atoms with Gasteiger partial charge in [-0.05, 0) is 43.4 Å². The molecular weight excluding hydrogens is 318 g/mol. The Morgan fingerprint density at radius 3 is 2.60 bits per heavy atom. The van der Waals surface area contributed by atoms with Gasteiger partial charge < -0.3 is 15.5 Å². The van der Waals surface area contributed by atoms with E-state index in [1.807, 2.05) is 24.3 Å². The molecule has 1 unspecified atom stereocenters. The molecule has 6 nitrogen and oxygen atoms in total. The van der Waals surface area contributed by atoms with E-state index < -0.39 is 0 Å². The van der Waals surface area contributed by atoms with Gasteiger partial charge in [0.1, 0.15) is 6.04 Å². The van der Waals surface area contributed by atoms with E-state index in [0.717, 1.165) is 36.9 Å². The maximum atomic E-state index is 12.4. The van der Waals surface area contributed by atoms with Gasteiger partial charge in [-0.3, -0.25) is 14.4 Å². The van der Waals surface area contributed by atoms with Gasteiger partial charge in [0, 0.05) is 31.6 Å². The lowest BCUT2D eigenvalue weighted by molar-refractivity contribution is -0.136. The lowest BCUT2D eigenvalue weighted by Gasteiger charge is -2.24. The first-order valence-corrected chi connectivity index (χ1v) is 8.99. The van der Waals surface area contributed by atoms with Gasteiger partial charge in [0.15, 0.2) is 0 Å². The van der Waals surface area contributed by atoms with Crippen LogP contribution < -0.4 is 10.6 Å². The van der Waals surface area contributed by atoms with Crippen molar-refractivity contribution in [3.63, 3.8) is 0 Å². The third-order valence-electron chi connectivity index (χ3n) is 5.10. The molecule has 6 heteroatoms. The summed E-state index contributed by atoms with van der Waals surface area (Å²) >= 11 is 0. The van der Waals surface area contributed by atoms with Crippen molar-refractivity contribution in [2.75, 3.05) is 11.9 Å². The molecule has 3 rings (SSSR count). The highest BCUT2D eigenvalue weighted by Gasteiger charge is 2.32. The molecule has 1 aliphatic carbocycles. The molecule has 0 spiro atoms. The number of nitrogens with one attached hydrogen (secondary N) is 2. The summed E-state index contributed by atoms with van der Waals surface area (Å²) in [6.45, 7) is 2.53.